The van der Waals surface area contributed by atoms with Gasteiger partial charge in [-0.2, -0.15) is 18.2 Å². The molecule has 0 saturated carbocycles. The minimum absolute atomic E-state index is 0.0720. The van der Waals surface area contributed by atoms with Gasteiger partial charge in [-0.15, -0.1) is 5.10 Å². The van der Waals surface area contributed by atoms with Crippen LogP contribution in [0.25, 0.3) is 5.69 Å². The van der Waals surface area contributed by atoms with Crippen LogP contribution in [0.1, 0.15) is 5.69 Å². The lowest BCUT2D eigenvalue weighted by Gasteiger charge is -2.43. The number of ether oxygens (including phenoxy) is 1. The fourth-order valence-electron chi connectivity index (χ4n) is 3.92. The van der Waals surface area contributed by atoms with Crippen LogP contribution in [0.4, 0.5) is 39.4 Å². The Bertz CT molecular complexity index is 1150. The molecule has 8 nitrogen and oxygen atoms in total. The molecule has 0 unspecified atom stereocenters. The Labute approximate surface area is 191 Å². The third kappa shape index (κ3) is 4.80. The fraction of sp³-hybridized carbons (Fsp3) is 0.381. The van der Waals surface area contributed by atoms with E-state index < -0.39 is 23.5 Å². The molecular weight excluding hydrogens is 461 g/mol. The molecule has 13 heteroatoms. The molecule has 1 aromatic carbocycles. The minimum atomic E-state index is -4.65. The lowest BCUT2D eigenvalue weighted by molar-refractivity contribution is -0.141. The second-order valence-corrected chi connectivity index (χ2v) is 8.07. The van der Waals surface area contributed by atoms with Gasteiger partial charge in [-0.1, -0.05) is 0 Å². The number of rotatable bonds is 5. The van der Waals surface area contributed by atoms with E-state index in [1.807, 2.05) is 4.90 Å². The Morgan fingerprint density at radius 1 is 0.912 bits per heavy atom. The predicted molar refractivity (Wildman–Crippen MR) is 112 cm³/mol. The van der Waals surface area contributed by atoms with Gasteiger partial charge in [-0.25, -0.2) is 18.4 Å². The molecule has 34 heavy (non-hydrogen) atoms. The smallest absolute Gasteiger partial charge is 0.378 e. The number of alkyl halides is 3. The van der Waals surface area contributed by atoms with Crippen molar-refractivity contribution in [1.82, 2.24) is 24.6 Å². The van der Waals surface area contributed by atoms with Crippen LogP contribution in [0.15, 0.2) is 36.7 Å². The van der Waals surface area contributed by atoms with Crippen molar-refractivity contribution in [2.45, 2.75) is 12.2 Å². The predicted octanol–water partition coefficient (Wildman–Crippen LogP) is 3.22. The van der Waals surface area contributed by atoms with Crippen molar-refractivity contribution in [2.75, 3.05) is 49.6 Å². The zero-order valence-electron chi connectivity index (χ0n) is 17.8. The third-order valence-electron chi connectivity index (χ3n) is 5.76. The summed E-state index contributed by atoms with van der Waals surface area (Å²) in [5.74, 6) is -1.76. The SMILES string of the molecule is Fc1cc(F)cc(-n2cnc(Nc3cc(N4CCN(C5COC5)CC4)cc(C(F)(F)F)n3)n2)c1. The van der Waals surface area contributed by atoms with Crippen molar-refractivity contribution in [3.05, 3.63) is 54.0 Å². The Morgan fingerprint density at radius 3 is 2.24 bits per heavy atom. The maximum absolute atomic E-state index is 13.5. The number of hydrogen-bond donors (Lipinski definition) is 1. The lowest BCUT2D eigenvalue weighted by Crippen LogP contribution is -2.56. The summed E-state index contributed by atoms with van der Waals surface area (Å²) in [5.41, 5.74) is -0.597. The first-order valence-corrected chi connectivity index (χ1v) is 10.6. The lowest BCUT2D eigenvalue weighted by atomic mass is 10.1. The van der Waals surface area contributed by atoms with Crippen molar-refractivity contribution in [2.24, 2.45) is 0 Å². The van der Waals surface area contributed by atoms with E-state index in [9.17, 15) is 22.0 Å². The summed E-state index contributed by atoms with van der Waals surface area (Å²) in [5, 5.41) is 6.71. The average molecular weight is 481 g/mol. The van der Waals surface area contributed by atoms with Crippen LogP contribution in [0.2, 0.25) is 0 Å². The van der Waals surface area contributed by atoms with Crippen LogP contribution in [0, 0.1) is 11.6 Å². The van der Waals surface area contributed by atoms with Gasteiger partial charge in [0.25, 0.3) is 0 Å². The molecule has 1 N–H and O–H groups in total. The van der Waals surface area contributed by atoms with E-state index >= 15 is 0 Å². The Balaban J connectivity index is 1.37. The van der Waals surface area contributed by atoms with Crippen molar-refractivity contribution in [3.63, 3.8) is 0 Å². The maximum Gasteiger partial charge on any atom is 0.433 e. The van der Waals surface area contributed by atoms with Gasteiger partial charge in [0, 0.05) is 44.0 Å². The summed E-state index contributed by atoms with van der Waals surface area (Å²) in [6.45, 7) is 3.94. The van der Waals surface area contributed by atoms with Gasteiger partial charge in [-0.3, -0.25) is 4.90 Å². The number of nitrogens with zero attached hydrogens (tertiary/aromatic N) is 6. The monoisotopic (exact) mass is 481 g/mol. The van der Waals surface area contributed by atoms with Crippen LogP contribution in [0.3, 0.4) is 0 Å². The molecule has 2 aromatic heterocycles. The molecule has 2 aliphatic rings. The summed E-state index contributed by atoms with van der Waals surface area (Å²) in [4.78, 5) is 11.8. The molecule has 0 atom stereocenters. The summed E-state index contributed by atoms with van der Waals surface area (Å²) in [7, 11) is 0. The highest BCUT2D eigenvalue weighted by Crippen LogP contribution is 2.33. The van der Waals surface area contributed by atoms with E-state index in [4.69, 9.17) is 4.74 Å². The van der Waals surface area contributed by atoms with E-state index in [1.165, 1.54) is 12.4 Å². The molecule has 0 aliphatic carbocycles. The van der Waals surface area contributed by atoms with Crippen LogP contribution >= 0.6 is 0 Å². The largest absolute Gasteiger partial charge is 0.433 e. The first-order valence-electron chi connectivity index (χ1n) is 10.6. The van der Waals surface area contributed by atoms with Crippen LogP contribution < -0.4 is 10.2 Å². The first kappa shape index (κ1) is 22.5. The quantitative estimate of drug-likeness (QED) is 0.561. The number of nitrogens with one attached hydrogen (secondary N) is 1. The molecule has 0 bridgehead atoms. The average Bonchev–Trinajstić information content (AvgIpc) is 3.20. The molecule has 0 spiro atoms. The number of anilines is 3. The van der Waals surface area contributed by atoms with Crippen LogP contribution in [-0.4, -0.2) is 70.1 Å². The maximum atomic E-state index is 13.5. The minimum Gasteiger partial charge on any atom is -0.378 e. The topological polar surface area (TPSA) is 71.3 Å². The van der Waals surface area contributed by atoms with Gasteiger partial charge in [0.2, 0.25) is 5.95 Å². The molecule has 5 rings (SSSR count). The fourth-order valence-corrected chi connectivity index (χ4v) is 3.92. The van der Waals surface area contributed by atoms with Crippen molar-refractivity contribution in [1.29, 1.82) is 0 Å². The number of pyridine rings is 1. The normalized spacial score (nSPS) is 17.6. The Hall–Kier alpha value is -3.32. The van der Waals surface area contributed by atoms with Crippen LogP contribution in [-0.2, 0) is 10.9 Å². The molecule has 0 amide bonds. The summed E-state index contributed by atoms with van der Waals surface area (Å²) < 4.78 is 73.9. The van der Waals surface area contributed by atoms with Gasteiger partial charge in [0.1, 0.15) is 29.5 Å². The van der Waals surface area contributed by atoms with Crippen molar-refractivity contribution >= 4 is 17.5 Å². The first-order chi connectivity index (χ1) is 16.2. The van der Waals surface area contributed by atoms with Gasteiger partial charge in [-0.05, 0) is 18.2 Å². The summed E-state index contributed by atoms with van der Waals surface area (Å²) in [6.07, 6.45) is -3.46. The Kier molecular flexibility index (Phi) is 5.81. The zero-order chi connectivity index (χ0) is 23.9. The molecular formula is C21H20F5N7O. The second kappa shape index (κ2) is 8.80. The summed E-state index contributed by atoms with van der Waals surface area (Å²) >= 11 is 0. The molecule has 2 fully saturated rings. The number of halogens is 5. The highest BCUT2D eigenvalue weighted by atomic mass is 19.4. The molecule has 3 aromatic rings. The molecule has 180 valence electrons. The molecule has 2 aliphatic heterocycles. The Morgan fingerprint density at radius 2 is 1.62 bits per heavy atom. The van der Waals surface area contributed by atoms with Gasteiger partial charge < -0.3 is 15.0 Å². The van der Waals surface area contributed by atoms with Gasteiger partial charge in [0.05, 0.1) is 24.9 Å². The van der Waals surface area contributed by atoms with Crippen molar-refractivity contribution in [3.8, 4) is 5.69 Å². The van der Waals surface area contributed by atoms with Gasteiger partial charge in [0.15, 0.2) is 0 Å². The van der Waals surface area contributed by atoms with E-state index in [2.05, 4.69) is 25.3 Å². The highest BCUT2D eigenvalue weighted by molar-refractivity contribution is 5.59. The number of piperazine rings is 1. The molecule has 2 saturated heterocycles. The van der Waals surface area contributed by atoms with E-state index in [-0.39, 0.29) is 17.5 Å². The second-order valence-electron chi connectivity index (χ2n) is 8.07. The molecule has 4 heterocycles. The van der Waals surface area contributed by atoms with E-state index in [0.29, 0.717) is 44.1 Å². The van der Waals surface area contributed by atoms with Crippen LogP contribution in [0.5, 0.6) is 0 Å². The number of benzene rings is 1. The number of hydrogen-bond acceptors (Lipinski definition) is 7. The molecule has 0 radical (unpaired) electrons. The zero-order valence-corrected chi connectivity index (χ0v) is 17.8. The van der Waals surface area contributed by atoms with Crippen molar-refractivity contribution < 1.29 is 26.7 Å². The van der Waals surface area contributed by atoms with E-state index in [1.54, 1.807) is 0 Å². The van der Waals surface area contributed by atoms with Gasteiger partial charge >= 0.3 is 6.18 Å². The highest BCUT2D eigenvalue weighted by Gasteiger charge is 2.35. The standard InChI is InChI=1S/C21H20F5N7O/c22-13-5-14(23)7-16(6-13)33-12-27-20(30-33)29-19-9-15(8-18(28-19)21(24,25)26)31-1-3-32(4-2-31)17-10-34-11-17/h5-9,12,17H,1-4,10-11H2,(H,28,29,30). The number of aromatic nitrogens is 4. The summed E-state index contributed by atoms with van der Waals surface area (Å²) in [6, 6.07) is 5.72. The third-order valence-corrected chi connectivity index (χ3v) is 5.76. The van der Waals surface area contributed by atoms with E-state index in [0.717, 1.165) is 36.0 Å².